The summed E-state index contributed by atoms with van der Waals surface area (Å²) in [6, 6.07) is 23.6. The fraction of sp³-hybridized carbons (Fsp3) is 0.0455. The molecule has 0 aliphatic rings. The van der Waals surface area contributed by atoms with E-state index in [2.05, 4.69) is 20.6 Å². The highest BCUT2D eigenvalue weighted by Gasteiger charge is 2.27. The molecule has 0 saturated heterocycles. The molecule has 3 aromatic carbocycles. The van der Waals surface area contributed by atoms with Crippen LogP contribution in [0.25, 0.3) is 16.6 Å². The van der Waals surface area contributed by atoms with E-state index in [-0.39, 0.29) is 15.6 Å². The Morgan fingerprint density at radius 3 is 2.37 bits per heavy atom. The maximum absolute atomic E-state index is 13.2. The molecule has 8 heteroatoms. The summed E-state index contributed by atoms with van der Waals surface area (Å²) in [5.74, 6) is 0.541. The van der Waals surface area contributed by atoms with Crippen molar-refractivity contribution in [1.82, 2.24) is 19.8 Å². The highest BCUT2D eigenvalue weighted by atomic mass is 32.2. The second kappa shape index (κ2) is 6.93. The lowest BCUT2D eigenvalue weighted by Gasteiger charge is -2.12. The number of para-hydroxylation sites is 2. The van der Waals surface area contributed by atoms with Gasteiger partial charge in [0.25, 0.3) is 0 Å². The van der Waals surface area contributed by atoms with Crippen LogP contribution in [0.2, 0.25) is 0 Å². The molecular weight excluding hydrogens is 398 g/mol. The quantitative estimate of drug-likeness (QED) is 0.474. The molecule has 2 aromatic heterocycles. The number of hydrogen-bond donors (Lipinski definition) is 1. The van der Waals surface area contributed by atoms with Crippen molar-refractivity contribution in [3.63, 3.8) is 0 Å². The fourth-order valence-corrected chi connectivity index (χ4v) is 4.62. The molecule has 0 atom stereocenters. The number of anilines is 2. The lowest BCUT2D eigenvalue weighted by Crippen LogP contribution is -2.05. The fourth-order valence-electron chi connectivity index (χ4n) is 3.37. The van der Waals surface area contributed by atoms with Crippen LogP contribution in [0, 0.1) is 6.92 Å². The lowest BCUT2D eigenvalue weighted by atomic mass is 10.2. The molecule has 0 saturated carbocycles. The summed E-state index contributed by atoms with van der Waals surface area (Å²) in [7, 11) is -3.87. The van der Waals surface area contributed by atoms with Gasteiger partial charge in [0.15, 0.2) is 5.65 Å². The molecule has 148 valence electrons. The second-order valence-corrected chi connectivity index (χ2v) is 8.73. The highest BCUT2D eigenvalue weighted by molar-refractivity contribution is 7.91. The molecule has 5 aromatic rings. The third-order valence-corrected chi connectivity index (χ3v) is 6.59. The summed E-state index contributed by atoms with van der Waals surface area (Å²) in [4.78, 5) is 4.79. The normalized spacial score (nSPS) is 11.8. The maximum Gasteiger partial charge on any atom is 0.229 e. The Labute approximate surface area is 172 Å². The standard InChI is InChI=1S/C22H17N5O2S/c1-15-9-5-7-13-18(15)23-20-17-12-6-8-14-19(17)27-21(24-20)22(25-26-27)30(28,29)16-10-3-2-4-11-16/h2-14H,1H3,(H,23,24). The van der Waals surface area contributed by atoms with Crippen molar-refractivity contribution in [3.05, 3.63) is 84.4 Å². The van der Waals surface area contributed by atoms with Gasteiger partial charge in [-0.2, -0.15) is 4.52 Å². The Balaban J connectivity index is 1.77. The molecule has 0 amide bonds. The summed E-state index contributed by atoms with van der Waals surface area (Å²) in [6.07, 6.45) is 0. The van der Waals surface area contributed by atoms with Crippen LogP contribution in [-0.2, 0) is 9.84 Å². The minimum absolute atomic E-state index is 0.149. The summed E-state index contributed by atoms with van der Waals surface area (Å²) in [5, 5.41) is 12.1. The molecule has 0 aliphatic carbocycles. The van der Waals surface area contributed by atoms with Crippen molar-refractivity contribution < 1.29 is 8.42 Å². The number of sulfone groups is 1. The predicted molar refractivity (Wildman–Crippen MR) is 115 cm³/mol. The number of fused-ring (bicyclic) bond motifs is 3. The molecule has 5 rings (SSSR count). The molecule has 1 N–H and O–H groups in total. The van der Waals surface area contributed by atoms with E-state index < -0.39 is 9.84 Å². The van der Waals surface area contributed by atoms with E-state index in [9.17, 15) is 8.42 Å². The molecule has 0 fully saturated rings. The van der Waals surface area contributed by atoms with Crippen LogP contribution in [0.1, 0.15) is 5.56 Å². The number of nitrogens with zero attached hydrogens (tertiary/aromatic N) is 4. The Hall–Kier alpha value is -3.78. The molecule has 0 radical (unpaired) electrons. The van der Waals surface area contributed by atoms with Gasteiger partial charge in [0, 0.05) is 11.1 Å². The van der Waals surface area contributed by atoms with Gasteiger partial charge < -0.3 is 5.32 Å². The van der Waals surface area contributed by atoms with E-state index in [0.29, 0.717) is 11.3 Å². The minimum Gasteiger partial charge on any atom is -0.339 e. The Bertz CT molecular complexity index is 1490. The maximum atomic E-state index is 13.2. The minimum atomic E-state index is -3.87. The first-order chi connectivity index (χ1) is 14.6. The summed E-state index contributed by atoms with van der Waals surface area (Å²) >= 11 is 0. The third kappa shape index (κ3) is 2.89. The topological polar surface area (TPSA) is 89.2 Å². The molecule has 0 unspecified atom stereocenters. The van der Waals surface area contributed by atoms with Crippen molar-refractivity contribution in [3.8, 4) is 0 Å². The Morgan fingerprint density at radius 1 is 0.867 bits per heavy atom. The summed E-state index contributed by atoms with van der Waals surface area (Å²) in [5.41, 5.74) is 2.82. The van der Waals surface area contributed by atoms with Gasteiger partial charge in [0.1, 0.15) is 5.82 Å². The van der Waals surface area contributed by atoms with Crippen LogP contribution in [0.4, 0.5) is 11.5 Å². The van der Waals surface area contributed by atoms with Crippen LogP contribution < -0.4 is 5.32 Å². The third-order valence-electron chi connectivity index (χ3n) is 4.93. The monoisotopic (exact) mass is 415 g/mol. The SMILES string of the molecule is Cc1ccccc1Nc1nc2c(S(=O)(=O)c3ccccc3)nnn2c2ccccc12. The summed E-state index contributed by atoms with van der Waals surface area (Å²) in [6.45, 7) is 1.99. The van der Waals surface area contributed by atoms with Gasteiger partial charge in [-0.15, -0.1) is 5.10 Å². The zero-order valence-electron chi connectivity index (χ0n) is 16.0. The zero-order chi connectivity index (χ0) is 20.7. The second-order valence-electron chi connectivity index (χ2n) is 6.86. The first-order valence-corrected chi connectivity index (χ1v) is 10.8. The van der Waals surface area contributed by atoms with Gasteiger partial charge in [-0.25, -0.2) is 13.4 Å². The molecule has 2 heterocycles. The smallest absolute Gasteiger partial charge is 0.229 e. The van der Waals surface area contributed by atoms with Crippen LogP contribution in [0.15, 0.2) is 88.8 Å². The Kier molecular flexibility index (Phi) is 4.22. The molecule has 0 spiro atoms. The average molecular weight is 415 g/mol. The zero-order valence-corrected chi connectivity index (χ0v) is 16.8. The molecular formula is C22H17N5O2S. The van der Waals surface area contributed by atoms with Gasteiger partial charge in [-0.3, -0.25) is 0 Å². The number of aryl methyl sites for hydroxylation is 1. The molecule has 7 nitrogen and oxygen atoms in total. The van der Waals surface area contributed by atoms with Gasteiger partial charge in [0.2, 0.25) is 14.9 Å². The summed E-state index contributed by atoms with van der Waals surface area (Å²) < 4.78 is 27.9. The van der Waals surface area contributed by atoms with Crippen molar-refractivity contribution in [2.45, 2.75) is 16.8 Å². The number of rotatable bonds is 4. The molecule has 0 bridgehead atoms. The van der Waals surface area contributed by atoms with Crippen molar-refractivity contribution in [2.24, 2.45) is 0 Å². The van der Waals surface area contributed by atoms with E-state index in [1.165, 1.54) is 16.6 Å². The predicted octanol–water partition coefficient (Wildman–Crippen LogP) is 4.16. The van der Waals surface area contributed by atoms with Crippen molar-refractivity contribution in [1.29, 1.82) is 0 Å². The van der Waals surface area contributed by atoms with Crippen molar-refractivity contribution >= 4 is 37.9 Å². The first kappa shape index (κ1) is 18.3. The number of nitrogens with one attached hydrogen (secondary N) is 1. The van der Waals surface area contributed by atoms with Crippen LogP contribution in [0.3, 0.4) is 0 Å². The molecule has 0 aliphatic heterocycles. The number of hydrogen-bond acceptors (Lipinski definition) is 6. The van der Waals surface area contributed by atoms with Gasteiger partial charge in [-0.05, 0) is 42.8 Å². The number of benzene rings is 3. The first-order valence-electron chi connectivity index (χ1n) is 9.32. The van der Waals surface area contributed by atoms with Gasteiger partial charge in [0.05, 0.1) is 10.4 Å². The van der Waals surface area contributed by atoms with E-state index in [1.807, 2.05) is 55.5 Å². The van der Waals surface area contributed by atoms with Crippen LogP contribution in [0.5, 0.6) is 0 Å². The lowest BCUT2D eigenvalue weighted by molar-refractivity contribution is 0.592. The Morgan fingerprint density at radius 2 is 1.57 bits per heavy atom. The van der Waals surface area contributed by atoms with Gasteiger partial charge in [-0.1, -0.05) is 53.7 Å². The van der Waals surface area contributed by atoms with E-state index in [4.69, 9.17) is 0 Å². The van der Waals surface area contributed by atoms with Crippen LogP contribution >= 0.6 is 0 Å². The average Bonchev–Trinajstić information content (AvgIpc) is 3.21. The number of aromatic nitrogens is 4. The highest BCUT2D eigenvalue weighted by Crippen LogP contribution is 2.30. The van der Waals surface area contributed by atoms with Crippen LogP contribution in [-0.4, -0.2) is 28.2 Å². The van der Waals surface area contributed by atoms with E-state index in [1.54, 1.807) is 18.2 Å². The molecule has 30 heavy (non-hydrogen) atoms. The largest absolute Gasteiger partial charge is 0.339 e. The van der Waals surface area contributed by atoms with E-state index >= 15 is 0 Å². The van der Waals surface area contributed by atoms with E-state index in [0.717, 1.165) is 16.6 Å². The van der Waals surface area contributed by atoms with Crippen molar-refractivity contribution in [2.75, 3.05) is 5.32 Å². The van der Waals surface area contributed by atoms with Gasteiger partial charge >= 0.3 is 0 Å².